The highest BCUT2D eigenvalue weighted by molar-refractivity contribution is 5.83. The maximum absolute atomic E-state index is 11.1. The molecule has 0 unspecified atom stereocenters. The Kier molecular flexibility index (Phi) is 3.76. The number of hydrogen-bond acceptors (Lipinski definition) is 3. The third-order valence-corrected chi connectivity index (χ3v) is 2.94. The number of carbonyl (C=O) groups excluding carboxylic acids is 2. The number of benzene rings is 2. The zero-order chi connectivity index (χ0) is 13.8. The normalized spacial score (nSPS) is 10.0. The second kappa shape index (κ2) is 5.48. The van der Waals surface area contributed by atoms with E-state index in [1.54, 1.807) is 24.3 Å². The van der Waals surface area contributed by atoms with E-state index in [-0.39, 0.29) is 0 Å². The van der Waals surface area contributed by atoms with Gasteiger partial charge in [0.05, 0.1) is 11.1 Å². The van der Waals surface area contributed by atoms with Crippen molar-refractivity contribution in [2.24, 2.45) is 0 Å². The number of aryl methyl sites for hydroxylation is 2. The van der Waals surface area contributed by atoms with Crippen LogP contribution in [-0.2, 0) is 0 Å². The van der Waals surface area contributed by atoms with Crippen LogP contribution in [0.5, 0.6) is 11.5 Å². The molecule has 96 valence electrons. The second-order valence-electron chi connectivity index (χ2n) is 4.32. The first kappa shape index (κ1) is 13.0. The Labute approximate surface area is 111 Å². The number of rotatable bonds is 4. The van der Waals surface area contributed by atoms with Crippen molar-refractivity contribution in [3.8, 4) is 11.5 Å². The van der Waals surface area contributed by atoms with Gasteiger partial charge < -0.3 is 4.74 Å². The summed E-state index contributed by atoms with van der Waals surface area (Å²) >= 11 is 0. The summed E-state index contributed by atoms with van der Waals surface area (Å²) in [5.41, 5.74) is 2.65. The van der Waals surface area contributed by atoms with Crippen LogP contribution in [0.2, 0.25) is 0 Å². The van der Waals surface area contributed by atoms with Gasteiger partial charge in [0.1, 0.15) is 11.5 Å². The highest BCUT2D eigenvalue weighted by atomic mass is 16.5. The predicted octanol–water partition coefficient (Wildman–Crippen LogP) is 3.72. The Morgan fingerprint density at radius 1 is 0.789 bits per heavy atom. The summed E-state index contributed by atoms with van der Waals surface area (Å²) in [6.07, 6.45) is 1.50. The number of aldehydes is 2. The number of carbonyl (C=O) groups is 2. The first-order chi connectivity index (χ1) is 9.17. The minimum atomic E-state index is 0.472. The molecule has 2 rings (SSSR count). The van der Waals surface area contributed by atoms with E-state index >= 15 is 0 Å². The molecule has 3 heteroatoms. The molecule has 0 aromatic heterocycles. The van der Waals surface area contributed by atoms with Gasteiger partial charge in [-0.25, -0.2) is 0 Å². The molecule has 19 heavy (non-hydrogen) atoms. The Balaban J connectivity index is 2.53. The molecule has 0 radical (unpaired) electrons. The van der Waals surface area contributed by atoms with Crippen LogP contribution in [0.4, 0.5) is 0 Å². The van der Waals surface area contributed by atoms with Crippen molar-refractivity contribution in [1.82, 2.24) is 0 Å². The summed E-state index contributed by atoms with van der Waals surface area (Å²) in [7, 11) is 0. The molecule has 0 N–H and O–H groups in total. The first-order valence-corrected chi connectivity index (χ1v) is 5.95. The lowest BCUT2D eigenvalue weighted by Crippen LogP contribution is -1.98. The monoisotopic (exact) mass is 254 g/mol. The molecule has 0 spiro atoms. The molecule has 0 saturated heterocycles. The van der Waals surface area contributed by atoms with E-state index in [2.05, 4.69) is 0 Å². The molecule has 2 aromatic rings. The molecular weight excluding hydrogens is 240 g/mol. The maximum Gasteiger partial charge on any atom is 0.153 e. The van der Waals surface area contributed by atoms with E-state index in [9.17, 15) is 9.59 Å². The summed E-state index contributed by atoms with van der Waals surface area (Å²) in [6, 6.07) is 10.7. The van der Waals surface area contributed by atoms with E-state index in [1.165, 1.54) is 0 Å². The van der Waals surface area contributed by atoms with Crippen molar-refractivity contribution in [3.63, 3.8) is 0 Å². The van der Waals surface area contributed by atoms with Crippen LogP contribution in [0, 0.1) is 13.8 Å². The molecule has 0 aliphatic carbocycles. The van der Waals surface area contributed by atoms with Gasteiger partial charge in [0.25, 0.3) is 0 Å². The standard InChI is InChI=1S/C16H14O3/c1-11-5-3-7-13(9-17)15(11)19-16-12(2)6-4-8-14(16)10-18/h3-10H,1-2H3. The van der Waals surface area contributed by atoms with Gasteiger partial charge in [-0.2, -0.15) is 0 Å². The van der Waals surface area contributed by atoms with E-state index in [4.69, 9.17) is 4.74 Å². The minimum Gasteiger partial charge on any atom is -0.455 e. The highest BCUT2D eigenvalue weighted by Crippen LogP contribution is 2.32. The first-order valence-electron chi connectivity index (χ1n) is 5.95. The zero-order valence-electron chi connectivity index (χ0n) is 10.8. The van der Waals surface area contributed by atoms with Crippen LogP contribution in [0.3, 0.4) is 0 Å². The third-order valence-electron chi connectivity index (χ3n) is 2.94. The fourth-order valence-electron chi connectivity index (χ4n) is 1.92. The SMILES string of the molecule is Cc1cccc(C=O)c1Oc1c(C)cccc1C=O. The van der Waals surface area contributed by atoms with Gasteiger partial charge in [-0.05, 0) is 37.1 Å². The predicted molar refractivity (Wildman–Crippen MR) is 73.2 cm³/mol. The van der Waals surface area contributed by atoms with Crippen molar-refractivity contribution in [2.45, 2.75) is 13.8 Å². The topological polar surface area (TPSA) is 43.4 Å². The molecule has 0 amide bonds. The summed E-state index contributed by atoms with van der Waals surface area (Å²) in [6.45, 7) is 3.72. The summed E-state index contributed by atoms with van der Waals surface area (Å²) in [5.74, 6) is 0.991. The quantitative estimate of drug-likeness (QED) is 0.781. The van der Waals surface area contributed by atoms with Gasteiger partial charge in [0.15, 0.2) is 12.6 Å². The molecule has 0 bridgehead atoms. The van der Waals surface area contributed by atoms with Crippen molar-refractivity contribution < 1.29 is 14.3 Å². The largest absolute Gasteiger partial charge is 0.455 e. The molecule has 2 aromatic carbocycles. The number of ether oxygens (including phenoxy) is 1. The van der Waals surface area contributed by atoms with E-state index in [1.807, 2.05) is 26.0 Å². The maximum atomic E-state index is 11.1. The Bertz CT molecular complexity index is 574. The van der Waals surface area contributed by atoms with Gasteiger partial charge in [-0.15, -0.1) is 0 Å². The van der Waals surface area contributed by atoms with Gasteiger partial charge in [-0.1, -0.05) is 24.3 Å². The average molecular weight is 254 g/mol. The fraction of sp³-hybridized carbons (Fsp3) is 0.125. The summed E-state index contributed by atoms with van der Waals surface area (Å²) in [4.78, 5) is 22.1. The van der Waals surface area contributed by atoms with Crippen LogP contribution < -0.4 is 4.74 Å². The third kappa shape index (κ3) is 2.55. The van der Waals surface area contributed by atoms with Crippen LogP contribution >= 0.6 is 0 Å². The molecule has 0 aliphatic rings. The van der Waals surface area contributed by atoms with Crippen LogP contribution in [0.25, 0.3) is 0 Å². The molecule has 3 nitrogen and oxygen atoms in total. The lowest BCUT2D eigenvalue weighted by molar-refractivity contribution is 0.111. The fourth-order valence-corrected chi connectivity index (χ4v) is 1.92. The molecule has 0 atom stereocenters. The summed E-state index contributed by atoms with van der Waals surface area (Å²) < 4.78 is 5.82. The Morgan fingerprint density at radius 2 is 1.21 bits per heavy atom. The molecular formula is C16H14O3. The Hall–Kier alpha value is -2.42. The van der Waals surface area contributed by atoms with Crippen LogP contribution in [0.15, 0.2) is 36.4 Å². The van der Waals surface area contributed by atoms with Crippen molar-refractivity contribution in [2.75, 3.05) is 0 Å². The summed E-state index contributed by atoms with van der Waals surface area (Å²) in [5, 5.41) is 0. The number of para-hydroxylation sites is 2. The average Bonchev–Trinajstić information content (AvgIpc) is 2.42. The minimum absolute atomic E-state index is 0.472. The molecule has 0 aliphatic heterocycles. The molecule has 0 saturated carbocycles. The second-order valence-corrected chi connectivity index (χ2v) is 4.32. The van der Waals surface area contributed by atoms with E-state index in [0.29, 0.717) is 22.6 Å². The van der Waals surface area contributed by atoms with Gasteiger partial charge in [-0.3, -0.25) is 9.59 Å². The van der Waals surface area contributed by atoms with Gasteiger partial charge in [0, 0.05) is 0 Å². The van der Waals surface area contributed by atoms with Crippen molar-refractivity contribution >= 4 is 12.6 Å². The van der Waals surface area contributed by atoms with Crippen molar-refractivity contribution in [1.29, 1.82) is 0 Å². The van der Waals surface area contributed by atoms with Crippen LogP contribution in [0.1, 0.15) is 31.8 Å². The zero-order valence-corrected chi connectivity index (χ0v) is 10.8. The molecule has 0 fully saturated rings. The van der Waals surface area contributed by atoms with Crippen molar-refractivity contribution in [3.05, 3.63) is 58.7 Å². The van der Waals surface area contributed by atoms with E-state index < -0.39 is 0 Å². The smallest absolute Gasteiger partial charge is 0.153 e. The van der Waals surface area contributed by atoms with Crippen LogP contribution in [-0.4, -0.2) is 12.6 Å². The van der Waals surface area contributed by atoms with E-state index in [0.717, 1.165) is 23.7 Å². The Morgan fingerprint density at radius 3 is 1.58 bits per heavy atom. The number of hydrogen-bond donors (Lipinski definition) is 0. The van der Waals surface area contributed by atoms with Gasteiger partial charge >= 0.3 is 0 Å². The van der Waals surface area contributed by atoms with Gasteiger partial charge in [0.2, 0.25) is 0 Å². The lowest BCUT2D eigenvalue weighted by atomic mass is 10.1. The lowest BCUT2D eigenvalue weighted by Gasteiger charge is -2.14. The molecule has 0 heterocycles. The highest BCUT2D eigenvalue weighted by Gasteiger charge is 2.12.